The summed E-state index contributed by atoms with van der Waals surface area (Å²) in [5, 5.41) is 16.8. The number of nitrogens with two attached hydrogens (primary N) is 1. The molecule has 0 atom stereocenters. The van der Waals surface area contributed by atoms with Crippen LogP contribution < -0.4 is 16.6 Å². The average Bonchev–Trinajstić information content (AvgIpc) is 3.22. The van der Waals surface area contributed by atoms with Gasteiger partial charge in [0.15, 0.2) is 0 Å². The topological polar surface area (TPSA) is 118 Å². The molecule has 0 radical (unpaired) electrons. The van der Waals surface area contributed by atoms with E-state index in [4.69, 9.17) is 10.9 Å². The van der Waals surface area contributed by atoms with Crippen LogP contribution in [0.4, 0.5) is 5.69 Å². The van der Waals surface area contributed by atoms with Crippen LogP contribution in [0.5, 0.6) is 0 Å². The zero-order valence-electron chi connectivity index (χ0n) is 18.2. The summed E-state index contributed by atoms with van der Waals surface area (Å²) < 4.78 is 1.91. The maximum absolute atomic E-state index is 13.3. The van der Waals surface area contributed by atoms with Crippen LogP contribution in [0.15, 0.2) is 57.6 Å². The number of nitrogens with one attached hydrogen (secondary N) is 1. The summed E-state index contributed by atoms with van der Waals surface area (Å²) in [6.45, 7) is 3.12. The number of hydrazone groups is 1. The molecule has 0 spiro atoms. The number of pyridine rings is 2. The van der Waals surface area contributed by atoms with Crippen LogP contribution >= 0.6 is 0 Å². The van der Waals surface area contributed by atoms with E-state index >= 15 is 0 Å². The molecule has 0 unspecified atom stereocenters. The quantitative estimate of drug-likeness (QED) is 0.218. The highest BCUT2D eigenvalue weighted by atomic mass is 16.3. The Morgan fingerprint density at radius 3 is 2.75 bits per heavy atom. The van der Waals surface area contributed by atoms with Crippen LogP contribution in [0.2, 0.25) is 0 Å². The van der Waals surface area contributed by atoms with Gasteiger partial charge >= 0.3 is 0 Å². The molecule has 166 valence electrons. The number of aliphatic hydroxyl groups excluding tert-OH is 1. The molecule has 0 saturated carbocycles. The van der Waals surface area contributed by atoms with Crippen LogP contribution in [0, 0.1) is 0 Å². The van der Waals surface area contributed by atoms with E-state index in [1.807, 2.05) is 17.6 Å². The molecule has 0 amide bonds. The highest BCUT2D eigenvalue weighted by Gasteiger charge is 2.21. The molecule has 2 heterocycles. The Kier molecular flexibility index (Phi) is 6.61. The number of aliphatic imine (C=N–C) groups is 1. The van der Waals surface area contributed by atoms with Crippen LogP contribution in [-0.2, 0) is 19.4 Å². The van der Waals surface area contributed by atoms with Gasteiger partial charge in [0, 0.05) is 38.1 Å². The first kappa shape index (κ1) is 21.7. The van der Waals surface area contributed by atoms with Crippen molar-refractivity contribution < 1.29 is 5.11 Å². The Morgan fingerprint density at radius 1 is 1.34 bits per heavy atom. The molecular weight excluding hydrogens is 404 g/mol. The number of hydrogen-bond acceptors (Lipinski definition) is 7. The molecule has 3 aromatic rings. The molecule has 0 saturated heterocycles. The maximum Gasteiger partial charge on any atom is 0.200 e. The molecule has 4 rings (SSSR count). The summed E-state index contributed by atoms with van der Waals surface area (Å²) in [4.78, 5) is 22.1. The largest absolute Gasteiger partial charge is 0.396 e. The van der Waals surface area contributed by atoms with Crippen molar-refractivity contribution in [3.8, 4) is 0 Å². The lowest BCUT2D eigenvalue weighted by Crippen LogP contribution is -2.23. The molecule has 8 nitrogen and oxygen atoms in total. The van der Waals surface area contributed by atoms with E-state index in [1.165, 1.54) is 17.3 Å². The third-order valence-electron chi connectivity index (χ3n) is 5.75. The van der Waals surface area contributed by atoms with E-state index in [1.54, 1.807) is 12.4 Å². The fourth-order valence-electron chi connectivity index (χ4n) is 4.16. The zero-order chi connectivity index (χ0) is 22.5. The molecule has 1 aliphatic rings. The van der Waals surface area contributed by atoms with E-state index in [0.717, 1.165) is 18.5 Å². The van der Waals surface area contributed by atoms with E-state index in [9.17, 15) is 4.79 Å². The number of aliphatic hydroxyl groups is 1. The average molecular weight is 433 g/mol. The fourth-order valence-corrected chi connectivity index (χ4v) is 4.16. The van der Waals surface area contributed by atoms with E-state index in [2.05, 4.69) is 44.7 Å². The van der Waals surface area contributed by atoms with Gasteiger partial charge < -0.3 is 20.8 Å². The smallest absolute Gasteiger partial charge is 0.200 e. The lowest BCUT2D eigenvalue weighted by atomic mass is 10.1. The predicted molar refractivity (Wildman–Crippen MR) is 129 cm³/mol. The van der Waals surface area contributed by atoms with Gasteiger partial charge in [-0.05, 0) is 43.4 Å². The first-order valence-corrected chi connectivity index (χ1v) is 10.9. The zero-order valence-corrected chi connectivity index (χ0v) is 18.2. The second kappa shape index (κ2) is 9.74. The first-order chi connectivity index (χ1) is 15.6. The van der Waals surface area contributed by atoms with E-state index in [0.29, 0.717) is 41.8 Å². The number of anilines is 1. The summed E-state index contributed by atoms with van der Waals surface area (Å²) in [6.07, 6.45) is 7.43. The summed E-state index contributed by atoms with van der Waals surface area (Å²) >= 11 is 0. The molecule has 1 aliphatic carbocycles. The Bertz CT molecular complexity index is 1210. The van der Waals surface area contributed by atoms with E-state index in [-0.39, 0.29) is 18.1 Å². The van der Waals surface area contributed by atoms with Crippen LogP contribution in [0.25, 0.3) is 11.0 Å². The van der Waals surface area contributed by atoms with Crippen LogP contribution in [0.3, 0.4) is 0 Å². The van der Waals surface area contributed by atoms with Gasteiger partial charge in [-0.2, -0.15) is 5.10 Å². The highest BCUT2D eigenvalue weighted by molar-refractivity contribution is 6.38. The van der Waals surface area contributed by atoms with Gasteiger partial charge in [0.2, 0.25) is 5.43 Å². The highest BCUT2D eigenvalue weighted by Crippen LogP contribution is 2.25. The summed E-state index contributed by atoms with van der Waals surface area (Å²) in [5.41, 5.74) is 4.65. The van der Waals surface area contributed by atoms with Crippen LogP contribution in [0.1, 0.15) is 30.0 Å². The summed E-state index contributed by atoms with van der Waals surface area (Å²) in [5.74, 6) is 5.58. The molecule has 0 bridgehead atoms. The van der Waals surface area contributed by atoms with Crippen molar-refractivity contribution in [3.05, 3.63) is 69.6 Å². The fraction of sp³-hybridized carbons (Fsp3) is 0.333. The normalized spacial score (nSPS) is 14.4. The van der Waals surface area contributed by atoms with Crippen molar-refractivity contribution in [1.82, 2.24) is 9.55 Å². The molecule has 1 aromatic carbocycles. The predicted octanol–water partition coefficient (Wildman–Crippen LogP) is 2.11. The summed E-state index contributed by atoms with van der Waals surface area (Å²) in [6, 6.07) is 10.6. The number of benzene rings is 1. The van der Waals surface area contributed by atoms with Crippen molar-refractivity contribution in [2.75, 3.05) is 18.5 Å². The minimum absolute atomic E-state index is 0.0541. The molecule has 2 aromatic heterocycles. The van der Waals surface area contributed by atoms with Gasteiger partial charge in [0.05, 0.1) is 22.8 Å². The Labute approximate surface area is 186 Å². The van der Waals surface area contributed by atoms with Gasteiger partial charge in [-0.3, -0.25) is 9.79 Å². The summed E-state index contributed by atoms with van der Waals surface area (Å²) in [7, 11) is 0. The monoisotopic (exact) mass is 432 g/mol. The molecule has 32 heavy (non-hydrogen) atoms. The Morgan fingerprint density at radius 2 is 2.09 bits per heavy atom. The number of aromatic nitrogens is 2. The SMILES string of the molecule is CCn1cc(C(C=NCCCO)=NN)c(=O)c2cc(NC3Cc4ccccc4C3)cnc21. The molecule has 8 heteroatoms. The molecule has 0 fully saturated rings. The van der Waals surface area contributed by atoms with Gasteiger partial charge in [-0.25, -0.2) is 4.98 Å². The number of fused-ring (bicyclic) bond motifs is 2. The Hall–Kier alpha value is -3.52. The first-order valence-electron chi connectivity index (χ1n) is 10.9. The van der Waals surface area contributed by atoms with Crippen molar-refractivity contribution >= 4 is 28.6 Å². The lowest BCUT2D eigenvalue weighted by Gasteiger charge is -2.15. The molecule has 4 N–H and O–H groups in total. The van der Waals surface area contributed by atoms with Gasteiger partial charge in [-0.1, -0.05) is 24.3 Å². The number of rotatable bonds is 8. The van der Waals surface area contributed by atoms with Gasteiger partial charge in [0.1, 0.15) is 11.4 Å². The number of aryl methyl sites for hydroxylation is 1. The van der Waals surface area contributed by atoms with Gasteiger partial charge in [-0.15, -0.1) is 0 Å². The molecular formula is C24H28N6O2. The molecule has 0 aliphatic heterocycles. The Balaban J connectivity index is 1.67. The minimum atomic E-state index is -0.187. The van der Waals surface area contributed by atoms with Crippen molar-refractivity contribution in [2.45, 2.75) is 38.8 Å². The number of hydrogen-bond donors (Lipinski definition) is 3. The van der Waals surface area contributed by atoms with Crippen molar-refractivity contribution in [2.24, 2.45) is 15.9 Å². The maximum atomic E-state index is 13.3. The van der Waals surface area contributed by atoms with Crippen LogP contribution in [-0.4, -0.2) is 45.8 Å². The second-order valence-corrected chi connectivity index (χ2v) is 7.90. The van der Waals surface area contributed by atoms with E-state index < -0.39 is 0 Å². The third kappa shape index (κ3) is 4.40. The van der Waals surface area contributed by atoms with Crippen molar-refractivity contribution in [1.29, 1.82) is 0 Å². The third-order valence-corrected chi connectivity index (χ3v) is 5.75. The standard InChI is InChI=1S/C24H28N6O2/c1-2-30-15-21(22(29-25)14-26-8-5-9-31)23(32)20-12-19(13-27-24(20)30)28-18-10-16-6-3-4-7-17(16)11-18/h3-4,6-7,12-15,18,28,31H,2,5,8-11,25H2,1H3. The minimum Gasteiger partial charge on any atom is -0.396 e. The lowest BCUT2D eigenvalue weighted by molar-refractivity contribution is 0.291. The second-order valence-electron chi connectivity index (χ2n) is 7.90. The van der Waals surface area contributed by atoms with Gasteiger partial charge in [0.25, 0.3) is 0 Å². The van der Waals surface area contributed by atoms with Crippen molar-refractivity contribution in [3.63, 3.8) is 0 Å². The number of nitrogens with zero attached hydrogens (tertiary/aromatic N) is 4.